The summed E-state index contributed by atoms with van der Waals surface area (Å²) < 4.78 is 0. The molecule has 3 aliphatic carbocycles. The van der Waals surface area contributed by atoms with Gasteiger partial charge in [0.05, 0.1) is 23.2 Å². The lowest BCUT2D eigenvalue weighted by atomic mass is 9.44. The Balaban J connectivity index is 2.19. The fraction of sp³-hybridized carbons (Fsp3) is 0.625. The van der Waals surface area contributed by atoms with Crippen LogP contribution < -0.4 is 0 Å². The number of hydrogen-bond donors (Lipinski definition) is 1. The highest BCUT2D eigenvalue weighted by atomic mass is 28.3. The zero-order valence-corrected chi connectivity index (χ0v) is 18.7. The van der Waals surface area contributed by atoms with Crippen LogP contribution in [0.15, 0.2) is 35.5 Å². The lowest BCUT2D eigenvalue weighted by Gasteiger charge is -2.60. The molecule has 0 bridgehead atoms. The molecular formula is C24H33NOSi. The molecule has 0 aliphatic heterocycles. The van der Waals surface area contributed by atoms with Crippen LogP contribution in [0.4, 0.5) is 0 Å². The van der Waals surface area contributed by atoms with Gasteiger partial charge in [-0.15, -0.1) is 5.54 Å². The van der Waals surface area contributed by atoms with E-state index in [1.54, 1.807) is 0 Å². The predicted octanol–water partition coefficient (Wildman–Crippen LogP) is 5.40. The smallest absolute Gasteiger partial charge is 0.129 e. The number of nitrogens with zero attached hydrogens (tertiary/aromatic N) is 1. The summed E-state index contributed by atoms with van der Waals surface area (Å²) in [5.41, 5.74) is 5.92. The molecule has 1 N–H and O–H groups in total. The summed E-state index contributed by atoms with van der Waals surface area (Å²) >= 11 is 0. The van der Waals surface area contributed by atoms with Crippen LogP contribution in [0.2, 0.25) is 19.6 Å². The molecule has 0 radical (unpaired) electrons. The fourth-order valence-corrected chi connectivity index (χ4v) is 6.27. The monoisotopic (exact) mass is 379 g/mol. The molecule has 2 fully saturated rings. The summed E-state index contributed by atoms with van der Waals surface area (Å²) in [5.74, 6) is 4.08. The van der Waals surface area contributed by atoms with Gasteiger partial charge in [-0.05, 0) is 59.7 Å². The molecule has 3 heteroatoms. The lowest BCUT2D eigenvalue weighted by Crippen LogP contribution is -2.55. The van der Waals surface area contributed by atoms with E-state index in [0.717, 1.165) is 31.3 Å². The first-order valence-corrected chi connectivity index (χ1v) is 13.6. The van der Waals surface area contributed by atoms with Crippen molar-refractivity contribution >= 4 is 8.07 Å². The summed E-state index contributed by atoms with van der Waals surface area (Å²) in [7, 11) is -1.54. The number of nitriles is 1. The number of allylic oxidation sites excluding steroid dienone is 5. The Labute approximate surface area is 166 Å². The van der Waals surface area contributed by atoms with Crippen LogP contribution in [-0.2, 0) is 0 Å². The molecule has 4 atom stereocenters. The van der Waals surface area contributed by atoms with E-state index in [1.807, 2.05) is 0 Å². The Morgan fingerprint density at radius 3 is 2.44 bits per heavy atom. The summed E-state index contributed by atoms with van der Waals surface area (Å²) in [4.78, 5) is 0. The molecule has 0 unspecified atom stereocenters. The van der Waals surface area contributed by atoms with Gasteiger partial charge >= 0.3 is 0 Å². The lowest BCUT2D eigenvalue weighted by molar-refractivity contribution is -0.0998. The van der Waals surface area contributed by atoms with Crippen LogP contribution in [0.5, 0.6) is 0 Å². The van der Waals surface area contributed by atoms with Crippen LogP contribution in [0.3, 0.4) is 0 Å². The highest BCUT2D eigenvalue weighted by Crippen LogP contribution is 2.65. The van der Waals surface area contributed by atoms with Crippen molar-refractivity contribution in [3.8, 4) is 17.5 Å². The van der Waals surface area contributed by atoms with Gasteiger partial charge in [0.25, 0.3) is 0 Å². The predicted molar refractivity (Wildman–Crippen MR) is 114 cm³/mol. The van der Waals surface area contributed by atoms with E-state index in [4.69, 9.17) is 0 Å². The normalized spacial score (nSPS) is 37.6. The van der Waals surface area contributed by atoms with Crippen molar-refractivity contribution in [1.29, 1.82) is 5.26 Å². The first kappa shape index (κ1) is 20.2. The van der Waals surface area contributed by atoms with E-state index in [1.165, 1.54) is 5.57 Å². The number of fused-ring (bicyclic) bond motifs is 3. The highest BCUT2D eigenvalue weighted by Gasteiger charge is 2.59. The minimum atomic E-state index is -1.54. The van der Waals surface area contributed by atoms with Crippen molar-refractivity contribution in [3.63, 3.8) is 0 Å². The second-order valence-electron chi connectivity index (χ2n) is 10.6. The first-order valence-electron chi connectivity index (χ1n) is 10.1. The van der Waals surface area contributed by atoms with Gasteiger partial charge < -0.3 is 5.11 Å². The molecule has 0 aromatic heterocycles. The molecule has 0 amide bonds. The third-order valence-corrected chi connectivity index (χ3v) is 8.10. The minimum absolute atomic E-state index is 0.0183. The first-order chi connectivity index (χ1) is 12.4. The van der Waals surface area contributed by atoms with Gasteiger partial charge in [-0.2, -0.15) is 5.26 Å². The van der Waals surface area contributed by atoms with E-state index >= 15 is 0 Å². The third kappa shape index (κ3) is 3.16. The summed E-state index contributed by atoms with van der Waals surface area (Å²) in [6.45, 7) is 17.8. The fourth-order valence-electron chi connectivity index (χ4n) is 5.67. The molecule has 2 saturated carbocycles. The number of rotatable bonds is 0. The van der Waals surface area contributed by atoms with Gasteiger partial charge in [0.1, 0.15) is 8.07 Å². The molecule has 0 aromatic rings. The molecule has 3 aliphatic rings. The van der Waals surface area contributed by atoms with Crippen molar-refractivity contribution < 1.29 is 5.11 Å². The van der Waals surface area contributed by atoms with E-state index < -0.39 is 8.07 Å². The van der Waals surface area contributed by atoms with Gasteiger partial charge in [-0.3, -0.25) is 0 Å². The van der Waals surface area contributed by atoms with Gasteiger partial charge in [-0.25, -0.2) is 0 Å². The van der Waals surface area contributed by atoms with Crippen molar-refractivity contribution in [2.24, 2.45) is 22.2 Å². The third-order valence-electron chi connectivity index (χ3n) is 7.22. The van der Waals surface area contributed by atoms with Crippen LogP contribution in [0.1, 0.15) is 46.5 Å². The summed E-state index contributed by atoms with van der Waals surface area (Å²) in [6, 6.07) is 2.34. The highest BCUT2D eigenvalue weighted by molar-refractivity contribution is 6.83. The van der Waals surface area contributed by atoms with Gasteiger partial charge in [0.15, 0.2) is 0 Å². The Morgan fingerprint density at radius 2 is 1.85 bits per heavy atom. The molecule has 0 spiro atoms. The molecule has 0 saturated heterocycles. The van der Waals surface area contributed by atoms with E-state index in [0.29, 0.717) is 11.5 Å². The van der Waals surface area contributed by atoms with Crippen molar-refractivity contribution in [2.75, 3.05) is 0 Å². The Morgan fingerprint density at radius 1 is 1.19 bits per heavy atom. The topological polar surface area (TPSA) is 44.0 Å². The average molecular weight is 380 g/mol. The van der Waals surface area contributed by atoms with Crippen LogP contribution in [-0.4, -0.2) is 19.3 Å². The molecule has 0 heterocycles. The largest absolute Gasteiger partial charge is 0.393 e. The minimum Gasteiger partial charge on any atom is -0.393 e. The van der Waals surface area contributed by atoms with E-state index in [-0.39, 0.29) is 22.3 Å². The maximum absolute atomic E-state index is 10.7. The molecule has 144 valence electrons. The zero-order chi connectivity index (χ0) is 20.3. The average Bonchev–Trinajstić information content (AvgIpc) is 2.57. The number of aliphatic hydroxyl groups excluding tert-OH is 1. The van der Waals surface area contributed by atoms with Crippen molar-refractivity contribution in [1.82, 2.24) is 0 Å². The van der Waals surface area contributed by atoms with Crippen molar-refractivity contribution in [2.45, 2.75) is 72.2 Å². The van der Waals surface area contributed by atoms with Gasteiger partial charge in [0, 0.05) is 0 Å². The van der Waals surface area contributed by atoms with Gasteiger partial charge in [0.2, 0.25) is 0 Å². The standard InChI is InChI=1S/C24H33NOSi/c1-17-14-20-23(4)10-9-21(26)22(2,3)19(23)8-11-24(20,15-18(17)16-25)12-13-27(5,6)7/h14-15,19,21,26H,1,8-11H2,2-7H3/t19-,21+,23-,24+/m0/s1. The zero-order valence-electron chi connectivity index (χ0n) is 17.7. The molecule has 2 nitrogen and oxygen atoms in total. The molecule has 27 heavy (non-hydrogen) atoms. The maximum atomic E-state index is 10.7. The van der Waals surface area contributed by atoms with E-state index in [9.17, 15) is 10.4 Å². The SMILES string of the molecule is C=C1C=C2[C@](C#C[Si](C)(C)C)(C=C1C#N)CC[C@H]1C(C)(C)[C@H](O)CC[C@]21C. The summed E-state index contributed by atoms with van der Waals surface area (Å²) in [5, 5.41) is 20.3. The molecule has 3 rings (SSSR count). The Bertz CT molecular complexity index is 838. The second kappa shape index (κ2) is 6.23. The van der Waals surface area contributed by atoms with Gasteiger partial charge in [-0.1, -0.05) is 59.0 Å². The van der Waals surface area contributed by atoms with Crippen LogP contribution in [0.25, 0.3) is 0 Å². The number of hydrogen-bond acceptors (Lipinski definition) is 2. The van der Waals surface area contributed by atoms with Crippen LogP contribution >= 0.6 is 0 Å². The number of aliphatic hydroxyl groups is 1. The maximum Gasteiger partial charge on any atom is 0.129 e. The Kier molecular flexibility index (Phi) is 4.66. The molecular weight excluding hydrogens is 346 g/mol. The van der Waals surface area contributed by atoms with Crippen LogP contribution in [0, 0.1) is 45.0 Å². The van der Waals surface area contributed by atoms with Crippen molar-refractivity contribution in [3.05, 3.63) is 35.5 Å². The quantitative estimate of drug-likeness (QED) is 0.452. The second-order valence-corrected chi connectivity index (χ2v) is 15.4. The van der Waals surface area contributed by atoms with E-state index in [2.05, 4.69) is 76.7 Å². The molecule has 0 aromatic carbocycles. The Hall–Kier alpha value is -1.55. The summed E-state index contributed by atoms with van der Waals surface area (Å²) in [6.07, 6.45) is 7.75.